The summed E-state index contributed by atoms with van der Waals surface area (Å²) in [4.78, 5) is 12.0. The molecule has 22 heavy (non-hydrogen) atoms. The topological polar surface area (TPSA) is 56.2 Å². The van der Waals surface area contributed by atoms with E-state index in [1.165, 1.54) is 6.07 Å². The number of carbonyl (C=O) groups excluding carboxylic acids is 1. The molecule has 1 saturated heterocycles. The molecular formula is C16H18FN3O2. The van der Waals surface area contributed by atoms with Crippen LogP contribution >= 0.6 is 0 Å². The second-order valence-corrected chi connectivity index (χ2v) is 5.37. The molecule has 0 aliphatic carbocycles. The molecular weight excluding hydrogens is 285 g/mol. The first-order valence-electron chi connectivity index (χ1n) is 7.37. The smallest absolute Gasteiger partial charge is 0.228 e. The lowest BCUT2D eigenvalue weighted by Gasteiger charge is -2.22. The van der Waals surface area contributed by atoms with E-state index in [9.17, 15) is 9.18 Å². The molecule has 1 aliphatic rings. The van der Waals surface area contributed by atoms with Gasteiger partial charge in [0.1, 0.15) is 5.82 Å². The van der Waals surface area contributed by atoms with E-state index >= 15 is 0 Å². The fourth-order valence-electron chi connectivity index (χ4n) is 2.57. The summed E-state index contributed by atoms with van der Waals surface area (Å²) in [5, 5.41) is 7.05. The summed E-state index contributed by atoms with van der Waals surface area (Å²) in [6.45, 7) is 1.47. The number of ether oxygens (including phenoxy) is 1. The number of hydrogen-bond donors (Lipinski definition) is 1. The van der Waals surface area contributed by atoms with Gasteiger partial charge in [-0.15, -0.1) is 0 Å². The minimum Gasteiger partial charge on any atom is -0.381 e. The van der Waals surface area contributed by atoms with Crippen LogP contribution < -0.4 is 5.32 Å². The molecule has 0 radical (unpaired) electrons. The number of amides is 1. The Hall–Kier alpha value is -2.21. The van der Waals surface area contributed by atoms with Gasteiger partial charge in [0.05, 0.1) is 24.3 Å². The lowest BCUT2D eigenvalue weighted by atomic mass is 10.1. The Morgan fingerprint density at radius 3 is 2.91 bits per heavy atom. The molecule has 2 heterocycles. The molecule has 0 atom stereocenters. The Labute approximate surface area is 128 Å². The first kappa shape index (κ1) is 14.7. The van der Waals surface area contributed by atoms with Crippen molar-refractivity contribution >= 4 is 11.6 Å². The normalized spacial score (nSPS) is 15.7. The molecule has 0 unspecified atom stereocenters. The van der Waals surface area contributed by atoms with Crippen LogP contribution in [-0.4, -0.2) is 28.9 Å². The highest BCUT2D eigenvalue weighted by molar-refractivity contribution is 5.92. The molecule has 1 N–H and O–H groups in total. The molecule has 1 fully saturated rings. The lowest BCUT2D eigenvalue weighted by Crippen LogP contribution is -2.20. The summed E-state index contributed by atoms with van der Waals surface area (Å²) in [5.41, 5.74) is 1.02. The Kier molecular flexibility index (Phi) is 4.48. The summed E-state index contributed by atoms with van der Waals surface area (Å²) < 4.78 is 20.7. The van der Waals surface area contributed by atoms with E-state index in [4.69, 9.17) is 4.74 Å². The largest absolute Gasteiger partial charge is 0.381 e. The van der Waals surface area contributed by atoms with E-state index in [-0.39, 0.29) is 18.1 Å². The molecule has 1 aromatic carbocycles. The number of nitrogens with one attached hydrogen (secondary N) is 1. The summed E-state index contributed by atoms with van der Waals surface area (Å²) in [6, 6.07) is 6.60. The summed E-state index contributed by atoms with van der Waals surface area (Å²) in [5.74, 6) is -0.618. The van der Waals surface area contributed by atoms with Crippen LogP contribution in [-0.2, 0) is 16.0 Å². The fourth-order valence-corrected chi connectivity index (χ4v) is 2.57. The van der Waals surface area contributed by atoms with Crippen LogP contribution in [0.1, 0.15) is 24.4 Å². The van der Waals surface area contributed by atoms with Crippen molar-refractivity contribution in [2.45, 2.75) is 25.3 Å². The van der Waals surface area contributed by atoms with Gasteiger partial charge in [0.25, 0.3) is 0 Å². The Morgan fingerprint density at radius 2 is 2.14 bits per heavy atom. The third-order valence-corrected chi connectivity index (χ3v) is 3.76. The number of anilines is 1. The third kappa shape index (κ3) is 3.51. The number of aromatic nitrogens is 2. The number of nitrogens with zero attached hydrogens (tertiary/aromatic N) is 2. The van der Waals surface area contributed by atoms with Crippen molar-refractivity contribution in [1.29, 1.82) is 0 Å². The highest BCUT2D eigenvalue weighted by atomic mass is 19.1. The van der Waals surface area contributed by atoms with Gasteiger partial charge in [-0.2, -0.15) is 5.10 Å². The molecule has 6 heteroatoms. The van der Waals surface area contributed by atoms with Crippen molar-refractivity contribution in [2.24, 2.45) is 0 Å². The number of carbonyl (C=O) groups is 1. The van der Waals surface area contributed by atoms with Gasteiger partial charge in [-0.25, -0.2) is 4.39 Å². The first-order valence-corrected chi connectivity index (χ1v) is 7.37. The highest BCUT2D eigenvalue weighted by Gasteiger charge is 2.17. The molecule has 1 amide bonds. The van der Waals surface area contributed by atoms with Gasteiger partial charge in [0.2, 0.25) is 5.91 Å². The first-order chi connectivity index (χ1) is 10.7. The SMILES string of the molecule is O=C(Cc1ccccc1F)Nc1cnn(C2CCOCC2)c1. The van der Waals surface area contributed by atoms with E-state index in [0.717, 1.165) is 26.1 Å². The van der Waals surface area contributed by atoms with Crippen molar-refractivity contribution in [2.75, 3.05) is 18.5 Å². The van der Waals surface area contributed by atoms with Crippen LogP contribution in [0, 0.1) is 5.82 Å². The molecule has 116 valence electrons. The van der Waals surface area contributed by atoms with E-state index in [1.807, 2.05) is 10.9 Å². The van der Waals surface area contributed by atoms with Crippen LogP contribution in [0.2, 0.25) is 0 Å². The van der Waals surface area contributed by atoms with Gasteiger partial charge < -0.3 is 10.1 Å². The average molecular weight is 303 g/mol. The maximum Gasteiger partial charge on any atom is 0.228 e. The predicted molar refractivity (Wildman–Crippen MR) is 80.1 cm³/mol. The van der Waals surface area contributed by atoms with Gasteiger partial charge in [-0.3, -0.25) is 9.48 Å². The second-order valence-electron chi connectivity index (χ2n) is 5.37. The Bertz CT molecular complexity index is 650. The summed E-state index contributed by atoms with van der Waals surface area (Å²) >= 11 is 0. The summed E-state index contributed by atoms with van der Waals surface area (Å²) in [6.07, 6.45) is 5.29. The van der Waals surface area contributed by atoms with Crippen LogP contribution in [0.4, 0.5) is 10.1 Å². The molecule has 0 spiro atoms. The van der Waals surface area contributed by atoms with Crippen molar-refractivity contribution in [3.8, 4) is 0 Å². The Morgan fingerprint density at radius 1 is 1.36 bits per heavy atom. The monoisotopic (exact) mass is 303 g/mol. The van der Waals surface area contributed by atoms with Crippen LogP contribution in [0.3, 0.4) is 0 Å². The zero-order chi connectivity index (χ0) is 15.4. The van der Waals surface area contributed by atoms with Gasteiger partial charge >= 0.3 is 0 Å². The number of halogens is 1. The number of rotatable bonds is 4. The standard InChI is InChI=1S/C16H18FN3O2/c17-15-4-2-1-3-12(15)9-16(21)19-13-10-18-20(11-13)14-5-7-22-8-6-14/h1-4,10-11,14H,5-9H2,(H,19,21). The van der Waals surface area contributed by atoms with E-state index in [2.05, 4.69) is 10.4 Å². The molecule has 1 aliphatic heterocycles. The lowest BCUT2D eigenvalue weighted by molar-refractivity contribution is -0.115. The molecule has 2 aromatic rings. The molecule has 0 bridgehead atoms. The van der Waals surface area contributed by atoms with E-state index in [1.54, 1.807) is 24.4 Å². The van der Waals surface area contributed by atoms with Crippen molar-refractivity contribution < 1.29 is 13.9 Å². The van der Waals surface area contributed by atoms with Crippen molar-refractivity contribution in [3.05, 3.63) is 48.0 Å². The van der Waals surface area contributed by atoms with Gasteiger partial charge in [-0.05, 0) is 24.5 Å². The average Bonchev–Trinajstić information content (AvgIpc) is 2.99. The summed E-state index contributed by atoms with van der Waals surface area (Å²) in [7, 11) is 0. The van der Waals surface area contributed by atoms with Crippen LogP contribution in [0.5, 0.6) is 0 Å². The van der Waals surface area contributed by atoms with Crippen LogP contribution in [0.25, 0.3) is 0 Å². The minimum absolute atomic E-state index is 0.00905. The maximum absolute atomic E-state index is 13.5. The fraction of sp³-hybridized carbons (Fsp3) is 0.375. The zero-order valence-corrected chi connectivity index (χ0v) is 12.2. The predicted octanol–water partition coefficient (Wildman–Crippen LogP) is 2.55. The van der Waals surface area contributed by atoms with Crippen LogP contribution in [0.15, 0.2) is 36.7 Å². The van der Waals surface area contributed by atoms with Gasteiger partial charge in [-0.1, -0.05) is 18.2 Å². The van der Waals surface area contributed by atoms with Gasteiger partial charge in [0, 0.05) is 19.4 Å². The zero-order valence-electron chi connectivity index (χ0n) is 12.2. The maximum atomic E-state index is 13.5. The molecule has 1 aromatic heterocycles. The number of benzene rings is 1. The quantitative estimate of drug-likeness (QED) is 0.944. The van der Waals surface area contributed by atoms with Crippen molar-refractivity contribution in [3.63, 3.8) is 0 Å². The second kappa shape index (κ2) is 6.70. The van der Waals surface area contributed by atoms with E-state index < -0.39 is 0 Å². The minimum atomic E-state index is -0.365. The molecule has 3 rings (SSSR count). The van der Waals surface area contributed by atoms with E-state index in [0.29, 0.717) is 17.3 Å². The molecule has 0 saturated carbocycles. The molecule has 5 nitrogen and oxygen atoms in total. The number of hydrogen-bond acceptors (Lipinski definition) is 3. The highest BCUT2D eigenvalue weighted by Crippen LogP contribution is 2.21. The van der Waals surface area contributed by atoms with Gasteiger partial charge in [0.15, 0.2) is 0 Å². The Balaban J connectivity index is 1.60. The third-order valence-electron chi connectivity index (χ3n) is 3.76. The van der Waals surface area contributed by atoms with Crippen molar-refractivity contribution in [1.82, 2.24) is 9.78 Å².